The number of hydrogen-bond acceptors (Lipinski definition) is 3. The van der Waals surface area contributed by atoms with Gasteiger partial charge in [0.2, 0.25) is 0 Å². The highest BCUT2D eigenvalue weighted by Crippen LogP contribution is 2.46. The number of para-hydroxylation sites is 6. The number of benzene rings is 11. The van der Waals surface area contributed by atoms with Crippen LogP contribution >= 0.6 is 0 Å². The smallest absolute Gasteiger partial charge is 0.145 e. The van der Waals surface area contributed by atoms with Crippen LogP contribution in [0.2, 0.25) is 0 Å². The number of anilines is 6. The summed E-state index contributed by atoms with van der Waals surface area (Å²) in [6, 6.07) is 95.4. The van der Waals surface area contributed by atoms with Gasteiger partial charge in [-0.3, -0.25) is 0 Å². The topological polar surface area (TPSA) is 29.5 Å². The summed E-state index contributed by atoms with van der Waals surface area (Å²) in [7, 11) is 0. The fourth-order valence-electron chi connectivity index (χ4n) is 10.9. The molecule has 14 aromatic rings. The third kappa shape index (κ3) is 6.63. The van der Waals surface area contributed by atoms with Crippen LogP contribution in [0.25, 0.3) is 88.1 Å². The minimum Gasteiger partial charge on any atom is -0.455 e. The molecule has 0 aliphatic heterocycles. The third-order valence-electron chi connectivity index (χ3n) is 14.1. The van der Waals surface area contributed by atoms with Gasteiger partial charge in [-0.05, 0) is 145 Å². The van der Waals surface area contributed by atoms with Gasteiger partial charge in [-0.25, -0.2) is 0 Å². The summed E-state index contributed by atoms with van der Waals surface area (Å²) >= 11 is 0. The Balaban J connectivity index is 0.904. The molecule has 334 valence electrons. The minimum absolute atomic E-state index is 0.894. The van der Waals surface area contributed by atoms with E-state index in [4.69, 9.17) is 4.42 Å². The highest BCUT2D eigenvalue weighted by Gasteiger charge is 2.24. The molecule has 5 nitrogen and oxygen atoms in total. The SMILES string of the molecule is c1ccc(N(c2ccccc2)c2ccc(-c3ccc(N(c4ccccc4)c4ccc5c6c7oc8c(ccc9c8c8ccccc8n9-c8ccccc8)c7ccc6n(-c6ccccc6)c5c4)cc3)cc2)cc1. The summed E-state index contributed by atoms with van der Waals surface area (Å²) < 4.78 is 12.0. The van der Waals surface area contributed by atoms with Gasteiger partial charge in [-0.2, -0.15) is 0 Å². The maximum absolute atomic E-state index is 7.28. The molecule has 0 atom stereocenters. The van der Waals surface area contributed by atoms with Crippen LogP contribution < -0.4 is 9.80 Å². The average molecular weight is 909 g/mol. The van der Waals surface area contributed by atoms with Crippen molar-refractivity contribution >= 4 is 99.7 Å². The molecule has 0 fully saturated rings. The molecule has 11 aromatic carbocycles. The van der Waals surface area contributed by atoms with Crippen molar-refractivity contribution in [1.29, 1.82) is 0 Å². The molecule has 3 heterocycles. The second kappa shape index (κ2) is 16.6. The Morgan fingerprint density at radius 3 is 1.08 bits per heavy atom. The third-order valence-corrected chi connectivity index (χ3v) is 14.1. The van der Waals surface area contributed by atoms with Crippen LogP contribution in [0.5, 0.6) is 0 Å². The van der Waals surface area contributed by atoms with Crippen LogP contribution in [0, 0.1) is 0 Å². The van der Waals surface area contributed by atoms with Gasteiger partial charge in [0.05, 0.1) is 32.8 Å². The normalized spacial score (nSPS) is 11.7. The van der Waals surface area contributed by atoms with Crippen LogP contribution in [0.3, 0.4) is 0 Å². The first-order valence-electron chi connectivity index (χ1n) is 24.2. The molecular formula is C66H44N4O. The second-order valence-corrected chi connectivity index (χ2v) is 18.1. The summed E-state index contributed by atoms with van der Waals surface area (Å²) in [5.41, 5.74) is 17.3. The van der Waals surface area contributed by atoms with Crippen LogP contribution in [0.15, 0.2) is 271 Å². The maximum Gasteiger partial charge on any atom is 0.145 e. The Bertz CT molecular complexity index is 4200. The molecule has 71 heavy (non-hydrogen) atoms. The minimum atomic E-state index is 0.894. The van der Waals surface area contributed by atoms with Gasteiger partial charge in [0.1, 0.15) is 11.2 Å². The van der Waals surface area contributed by atoms with Crippen molar-refractivity contribution in [3.63, 3.8) is 0 Å². The number of rotatable bonds is 9. The predicted octanol–water partition coefficient (Wildman–Crippen LogP) is 18.4. The van der Waals surface area contributed by atoms with Crippen molar-refractivity contribution in [3.05, 3.63) is 267 Å². The summed E-state index contributed by atoms with van der Waals surface area (Å²) in [6.45, 7) is 0. The van der Waals surface area contributed by atoms with Gasteiger partial charge in [0, 0.05) is 67.0 Å². The molecule has 5 heteroatoms. The van der Waals surface area contributed by atoms with Crippen molar-refractivity contribution in [2.24, 2.45) is 0 Å². The second-order valence-electron chi connectivity index (χ2n) is 18.1. The summed E-state index contributed by atoms with van der Waals surface area (Å²) in [6.07, 6.45) is 0. The van der Waals surface area contributed by atoms with Gasteiger partial charge in [-0.15, -0.1) is 0 Å². The Kier molecular flexibility index (Phi) is 9.46. The Hall–Kier alpha value is -9.58. The number of furan rings is 1. The van der Waals surface area contributed by atoms with Crippen LogP contribution in [-0.4, -0.2) is 9.13 Å². The zero-order chi connectivity index (χ0) is 46.8. The molecule has 0 saturated carbocycles. The van der Waals surface area contributed by atoms with Crippen molar-refractivity contribution < 1.29 is 4.42 Å². The van der Waals surface area contributed by atoms with E-state index in [1.807, 2.05) is 0 Å². The van der Waals surface area contributed by atoms with E-state index in [1.165, 1.54) is 5.39 Å². The molecule has 0 aliphatic carbocycles. The summed E-state index contributed by atoms with van der Waals surface area (Å²) in [5, 5.41) is 6.74. The number of nitrogens with zero attached hydrogens (tertiary/aromatic N) is 4. The van der Waals surface area contributed by atoms with Crippen molar-refractivity contribution in [1.82, 2.24) is 9.13 Å². The zero-order valence-electron chi connectivity index (χ0n) is 38.6. The van der Waals surface area contributed by atoms with E-state index in [0.717, 1.165) is 117 Å². The van der Waals surface area contributed by atoms with Crippen molar-refractivity contribution in [2.45, 2.75) is 0 Å². The number of hydrogen-bond donors (Lipinski definition) is 0. The maximum atomic E-state index is 7.28. The van der Waals surface area contributed by atoms with E-state index in [0.29, 0.717) is 0 Å². The molecule has 14 rings (SSSR count). The van der Waals surface area contributed by atoms with E-state index < -0.39 is 0 Å². The van der Waals surface area contributed by atoms with Crippen LogP contribution in [-0.2, 0) is 0 Å². The van der Waals surface area contributed by atoms with Gasteiger partial charge in [0.25, 0.3) is 0 Å². The quantitative estimate of drug-likeness (QED) is 0.145. The van der Waals surface area contributed by atoms with Gasteiger partial charge in [-0.1, -0.05) is 133 Å². The molecule has 0 unspecified atom stereocenters. The van der Waals surface area contributed by atoms with Crippen molar-refractivity contribution in [2.75, 3.05) is 9.80 Å². The largest absolute Gasteiger partial charge is 0.455 e. The molecule has 0 N–H and O–H groups in total. The lowest BCUT2D eigenvalue weighted by atomic mass is 10.0. The fourth-order valence-corrected chi connectivity index (χ4v) is 10.9. The Morgan fingerprint density at radius 1 is 0.254 bits per heavy atom. The lowest BCUT2D eigenvalue weighted by Gasteiger charge is -2.26. The first-order chi connectivity index (χ1) is 35.2. The molecule has 0 saturated heterocycles. The fraction of sp³-hybridized carbons (Fsp3) is 0. The molecule has 0 aliphatic rings. The van der Waals surface area contributed by atoms with Gasteiger partial charge >= 0.3 is 0 Å². The van der Waals surface area contributed by atoms with E-state index in [2.05, 4.69) is 286 Å². The average Bonchev–Trinajstić information content (AvgIpc) is 4.10. The van der Waals surface area contributed by atoms with Gasteiger partial charge in [0.15, 0.2) is 0 Å². The molecule has 0 spiro atoms. The molecule has 0 amide bonds. The summed E-state index contributed by atoms with van der Waals surface area (Å²) in [4.78, 5) is 4.65. The molecule has 0 radical (unpaired) electrons. The standard InChI is InChI=1S/C66H44N4O/c1-6-18-47(19-7-1)67(48-20-8-2-9-21-48)52-34-30-45(31-35-52)46-32-36-53(37-33-46)68(49-22-10-3-11-23-49)54-38-39-58-62(44-54)70(51-26-14-5-15-27-51)61-43-41-56-55-40-42-60-63(65(55)71-66(56)64(58)61)57-28-16-17-29-59(57)69(60)50-24-12-4-13-25-50/h1-44H. The molecule has 3 aromatic heterocycles. The molecule has 0 bridgehead atoms. The van der Waals surface area contributed by atoms with E-state index in [-0.39, 0.29) is 0 Å². The number of aromatic nitrogens is 2. The van der Waals surface area contributed by atoms with Crippen LogP contribution in [0.1, 0.15) is 0 Å². The Morgan fingerprint density at radius 2 is 0.606 bits per heavy atom. The number of fused-ring (bicyclic) bond motifs is 11. The van der Waals surface area contributed by atoms with E-state index >= 15 is 0 Å². The predicted molar refractivity (Wildman–Crippen MR) is 297 cm³/mol. The van der Waals surface area contributed by atoms with Crippen molar-refractivity contribution in [3.8, 4) is 22.5 Å². The highest BCUT2D eigenvalue weighted by atomic mass is 16.3. The monoisotopic (exact) mass is 908 g/mol. The lowest BCUT2D eigenvalue weighted by molar-refractivity contribution is 0.677. The van der Waals surface area contributed by atoms with E-state index in [9.17, 15) is 0 Å². The first kappa shape index (κ1) is 40.5. The first-order valence-corrected chi connectivity index (χ1v) is 24.2. The Labute approximate surface area is 410 Å². The van der Waals surface area contributed by atoms with E-state index in [1.54, 1.807) is 0 Å². The zero-order valence-corrected chi connectivity index (χ0v) is 38.6. The summed E-state index contributed by atoms with van der Waals surface area (Å²) in [5.74, 6) is 0. The lowest BCUT2D eigenvalue weighted by Crippen LogP contribution is -2.10. The van der Waals surface area contributed by atoms with Crippen LogP contribution in [0.4, 0.5) is 34.1 Å². The highest BCUT2D eigenvalue weighted by molar-refractivity contribution is 6.29. The molecular weight excluding hydrogens is 865 g/mol. The van der Waals surface area contributed by atoms with Gasteiger partial charge < -0.3 is 23.4 Å².